The molecule has 120 valence electrons. The average molecular weight is 334 g/mol. The summed E-state index contributed by atoms with van der Waals surface area (Å²) in [6.45, 7) is 0.0447. The van der Waals surface area contributed by atoms with Crippen LogP contribution >= 0.6 is 0 Å². The monoisotopic (exact) mass is 334 g/mol. The highest BCUT2D eigenvalue weighted by molar-refractivity contribution is 7.89. The molecule has 7 nitrogen and oxygen atoms in total. The Balaban J connectivity index is 1.73. The maximum Gasteiger partial charge on any atom is 0.289 e. The van der Waals surface area contributed by atoms with E-state index in [1.165, 1.54) is 18.2 Å². The van der Waals surface area contributed by atoms with Crippen molar-refractivity contribution in [3.05, 3.63) is 64.2 Å². The SMILES string of the molecule is O=[N+]([O-])c1ccccc1S(=O)(=O)NC[C@H]1Cc2ccccc2O1. The van der Waals surface area contributed by atoms with Crippen molar-refractivity contribution in [2.24, 2.45) is 0 Å². The highest BCUT2D eigenvalue weighted by Crippen LogP contribution is 2.28. The third kappa shape index (κ3) is 3.17. The van der Waals surface area contributed by atoms with Crippen LogP contribution in [0.1, 0.15) is 5.56 Å². The number of sulfonamides is 1. The number of nitrogens with one attached hydrogen (secondary N) is 1. The van der Waals surface area contributed by atoms with Crippen LogP contribution in [0, 0.1) is 10.1 Å². The lowest BCUT2D eigenvalue weighted by molar-refractivity contribution is -0.387. The summed E-state index contributed by atoms with van der Waals surface area (Å²) in [6.07, 6.45) is 0.264. The fraction of sp³-hybridized carbons (Fsp3) is 0.200. The molecule has 0 aliphatic carbocycles. The van der Waals surface area contributed by atoms with Crippen molar-refractivity contribution in [2.45, 2.75) is 17.4 Å². The van der Waals surface area contributed by atoms with E-state index in [2.05, 4.69) is 4.72 Å². The van der Waals surface area contributed by atoms with Crippen LogP contribution in [-0.2, 0) is 16.4 Å². The van der Waals surface area contributed by atoms with E-state index in [-0.39, 0.29) is 17.5 Å². The number of nitro benzene ring substituents is 1. The number of fused-ring (bicyclic) bond motifs is 1. The van der Waals surface area contributed by atoms with E-state index >= 15 is 0 Å². The Hall–Kier alpha value is -2.45. The molecule has 1 N–H and O–H groups in total. The normalized spacial score (nSPS) is 16.6. The first-order valence-electron chi connectivity index (χ1n) is 6.95. The van der Waals surface area contributed by atoms with E-state index in [1.807, 2.05) is 24.3 Å². The van der Waals surface area contributed by atoms with E-state index in [1.54, 1.807) is 0 Å². The molecule has 0 bridgehead atoms. The van der Waals surface area contributed by atoms with Gasteiger partial charge in [-0.1, -0.05) is 30.3 Å². The molecule has 0 amide bonds. The molecule has 8 heteroatoms. The van der Waals surface area contributed by atoms with Crippen molar-refractivity contribution in [2.75, 3.05) is 6.54 Å². The van der Waals surface area contributed by atoms with Crippen LogP contribution < -0.4 is 9.46 Å². The summed E-state index contributed by atoms with van der Waals surface area (Å²) in [5.74, 6) is 0.738. The third-order valence-corrected chi connectivity index (χ3v) is 5.04. The number of rotatable bonds is 5. The van der Waals surface area contributed by atoms with Gasteiger partial charge in [0.2, 0.25) is 10.0 Å². The highest BCUT2D eigenvalue weighted by atomic mass is 32.2. The van der Waals surface area contributed by atoms with Gasteiger partial charge in [0.25, 0.3) is 5.69 Å². The Bertz CT molecular complexity index is 825. The molecule has 0 radical (unpaired) electrons. The topological polar surface area (TPSA) is 98.5 Å². The Labute approximate surface area is 133 Å². The average Bonchev–Trinajstić information content (AvgIpc) is 2.96. The predicted molar refractivity (Wildman–Crippen MR) is 82.8 cm³/mol. The Morgan fingerprint density at radius 1 is 1.17 bits per heavy atom. The van der Waals surface area contributed by atoms with Gasteiger partial charge in [-0.3, -0.25) is 10.1 Å². The first-order valence-corrected chi connectivity index (χ1v) is 8.43. The molecule has 1 heterocycles. The van der Waals surface area contributed by atoms with Gasteiger partial charge >= 0.3 is 0 Å². The molecule has 0 fully saturated rings. The minimum Gasteiger partial charge on any atom is -0.488 e. The lowest BCUT2D eigenvalue weighted by Crippen LogP contribution is -2.34. The first kappa shape index (κ1) is 15.4. The number of benzene rings is 2. The molecule has 1 aliphatic heterocycles. The van der Waals surface area contributed by atoms with E-state index in [4.69, 9.17) is 4.74 Å². The van der Waals surface area contributed by atoms with Gasteiger partial charge in [-0.2, -0.15) is 0 Å². The fourth-order valence-corrected chi connectivity index (χ4v) is 3.72. The van der Waals surface area contributed by atoms with E-state index in [9.17, 15) is 18.5 Å². The summed E-state index contributed by atoms with van der Waals surface area (Å²) >= 11 is 0. The molecule has 0 saturated carbocycles. The molecule has 2 aromatic rings. The third-order valence-electron chi connectivity index (χ3n) is 3.57. The van der Waals surface area contributed by atoms with Crippen LogP contribution in [0.5, 0.6) is 5.75 Å². The van der Waals surface area contributed by atoms with E-state index in [0.29, 0.717) is 6.42 Å². The zero-order chi connectivity index (χ0) is 16.4. The number of nitrogens with zero attached hydrogens (tertiary/aromatic N) is 1. The number of hydrogen-bond donors (Lipinski definition) is 1. The second kappa shape index (κ2) is 5.98. The van der Waals surface area contributed by atoms with Crippen LogP contribution in [0.25, 0.3) is 0 Å². The van der Waals surface area contributed by atoms with Gasteiger partial charge in [0.1, 0.15) is 11.9 Å². The predicted octanol–water partition coefficient (Wildman–Crippen LogP) is 1.88. The fourth-order valence-electron chi connectivity index (χ4n) is 2.48. The summed E-state index contributed by atoms with van der Waals surface area (Å²) in [6, 6.07) is 12.7. The van der Waals surface area contributed by atoms with Crippen molar-refractivity contribution in [1.82, 2.24) is 4.72 Å². The largest absolute Gasteiger partial charge is 0.488 e. The molecular weight excluding hydrogens is 320 g/mol. The standard InChI is InChI=1S/C15H14N2O5S/c18-17(19)13-6-2-4-8-15(13)23(20,21)16-10-12-9-11-5-1-3-7-14(11)22-12/h1-8,12,16H,9-10H2/t12-/m1/s1. The second-order valence-electron chi connectivity index (χ2n) is 5.13. The van der Waals surface area contributed by atoms with Gasteiger partial charge in [0.05, 0.1) is 4.92 Å². The van der Waals surface area contributed by atoms with Gasteiger partial charge < -0.3 is 4.74 Å². The van der Waals surface area contributed by atoms with Crippen molar-refractivity contribution >= 4 is 15.7 Å². The van der Waals surface area contributed by atoms with Gasteiger partial charge in [0, 0.05) is 19.0 Å². The van der Waals surface area contributed by atoms with Crippen molar-refractivity contribution in [3.8, 4) is 5.75 Å². The molecular formula is C15H14N2O5S. The quantitative estimate of drug-likeness (QED) is 0.665. The van der Waals surface area contributed by atoms with E-state index < -0.39 is 20.6 Å². The Morgan fingerprint density at radius 2 is 1.87 bits per heavy atom. The number of ether oxygens (including phenoxy) is 1. The molecule has 2 aromatic carbocycles. The molecule has 0 unspecified atom stereocenters. The van der Waals surface area contributed by atoms with Gasteiger partial charge in [-0.25, -0.2) is 13.1 Å². The smallest absolute Gasteiger partial charge is 0.289 e. The number of para-hydroxylation sites is 2. The molecule has 0 aromatic heterocycles. The summed E-state index contributed by atoms with van der Waals surface area (Å²) in [7, 11) is -3.98. The minimum absolute atomic E-state index is 0.0447. The van der Waals surface area contributed by atoms with Crippen LogP contribution in [0.3, 0.4) is 0 Å². The van der Waals surface area contributed by atoms with Crippen LogP contribution in [0.15, 0.2) is 53.4 Å². The van der Waals surface area contributed by atoms with Crippen LogP contribution in [0.4, 0.5) is 5.69 Å². The maximum atomic E-state index is 12.3. The number of nitro groups is 1. The highest BCUT2D eigenvalue weighted by Gasteiger charge is 2.28. The summed E-state index contributed by atoms with van der Waals surface area (Å²) in [5.41, 5.74) is 0.568. The number of hydrogen-bond acceptors (Lipinski definition) is 5. The lowest BCUT2D eigenvalue weighted by Gasteiger charge is -2.12. The van der Waals surface area contributed by atoms with Crippen molar-refractivity contribution < 1.29 is 18.1 Å². The zero-order valence-electron chi connectivity index (χ0n) is 12.0. The van der Waals surface area contributed by atoms with E-state index in [0.717, 1.165) is 17.4 Å². The van der Waals surface area contributed by atoms with Gasteiger partial charge in [0.15, 0.2) is 4.90 Å². The lowest BCUT2D eigenvalue weighted by atomic mass is 10.1. The van der Waals surface area contributed by atoms with Crippen molar-refractivity contribution in [1.29, 1.82) is 0 Å². The summed E-state index contributed by atoms with van der Waals surface area (Å²) in [4.78, 5) is 9.91. The Morgan fingerprint density at radius 3 is 2.61 bits per heavy atom. The molecule has 1 aliphatic rings. The Kier molecular flexibility index (Phi) is 4.01. The molecule has 23 heavy (non-hydrogen) atoms. The second-order valence-corrected chi connectivity index (χ2v) is 6.86. The molecule has 1 atom stereocenters. The van der Waals surface area contributed by atoms with Gasteiger partial charge in [-0.05, 0) is 17.7 Å². The zero-order valence-corrected chi connectivity index (χ0v) is 12.8. The summed E-state index contributed by atoms with van der Waals surface area (Å²) < 4.78 is 32.7. The van der Waals surface area contributed by atoms with Gasteiger partial charge in [-0.15, -0.1) is 0 Å². The molecule has 3 rings (SSSR count). The summed E-state index contributed by atoms with van der Waals surface area (Å²) in [5, 5.41) is 11.0. The minimum atomic E-state index is -3.98. The van der Waals surface area contributed by atoms with Crippen molar-refractivity contribution in [3.63, 3.8) is 0 Å². The first-order chi connectivity index (χ1) is 11.0. The maximum absolute atomic E-state index is 12.3. The van der Waals surface area contributed by atoms with Crippen LogP contribution in [0.2, 0.25) is 0 Å². The molecule has 0 saturated heterocycles. The van der Waals surface area contributed by atoms with Crippen LogP contribution in [-0.4, -0.2) is 26.0 Å². The molecule has 0 spiro atoms.